The maximum atomic E-state index is 16.2. The predicted molar refractivity (Wildman–Crippen MR) is 154 cm³/mol. The molecule has 2 aromatic heterocycles. The SMILES string of the molecule is CCCNc1nc(N)nc2c1ncn2[C@@H]1O[C@](F)(COP(=O)(Cc2ccccc2)N[C@@H](C)C(=O)OC(C)C)C[C@@H]1C. The number of benzene rings is 1. The van der Waals surface area contributed by atoms with Crippen molar-refractivity contribution in [2.75, 3.05) is 24.2 Å². The van der Waals surface area contributed by atoms with Crippen LogP contribution in [0.25, 0.3) is 11.2 Å². The molecular weight excluding hydrogens is 552 g/mol. The molecule has 4 rings (SSSR count). The molecule has 3 heterocycles. The largest absolute Gasteiger partial charge is 0.462 e. The Morgan fingerprint density at radius 2 is 2.02 bits per heavy atom. The van der Waals surface area contributed by atoms with E-state index in [2.05, 4.69) is 25.4 Å². The number of nitrogen functional groups attached to an aromatic ring is 1. The number of nitrogens with one attached hydrogen (secondary N) is 2. The molecule has 3 aromatic rings. The number of nitrogens with zero attached hydrogens (tertiary/aromatic N) is 4. The van der Waals surface area contributed by atoms with E-state index in [0.717, 1.165) is 6.42 Å². The lowest BCUT2D eigenvalue weighted by atomic mass is 10.1. The molecule has 1 saturated heterocycles. The summed E-state index contributed by atoms with van der Waals surface area (Å²) in [4.78, 5) is 25.4. The molecule has 0 bridgehead atoms. The maximum absolute atomic E-state index is 16.2. The number of esters is 1. The molecule has 14 heteroatoms. The van der Waals surface area contributed by atoms with Gasteiger partial charge in [0.1, 0.15) is 18.9 Å². The summed E-state index contributed by atoms with van der Waals surface area (Å²) in [5, 5.41) is 5.96. The first-order valence-electron chi connectivity index (χ1n) is 13.8. The van der Waals surface area contributed by atoms with E-state index in [1.807, 2.05) is 19.9 Å². The lowest BCUT2D eigenvalue weighted by Crippen LogP contribution is -2.37. The number of hydrogen-bond acceptors (Lipinski definition) is 10. The first kappa shape index (κ1) is 30.8. The van der Waals surface area contributed by atoms with E-state index in [9.17, 15) is 9.36 Å². The summed E-state index contributed by atoms with van der Waals surface area (Å²) in [6.07, 6.45) is 1.18. The van der Waals surface area contributed by atoms with E-state index in [1.54, 1.807) is 42.7 Å². The second kappa shape index (κ2) is 12.8. The summed E-state index contributed by atoms with van der Waals surface area (Å²) < 4.78 is 48.7. The minimum atomic E-state index is -3.79. The van der Waals surface area contributed by atoms with Crippen molar-refractivity contribution in [1.82, 2.24) is 24.6 Å². The van der Waals surface area contributed by atoms with Crippen LogP contribution in [0.1, 0.15) is 59.3 Å². The Labute approximate surface area is 239 Å². The molecule has 0 amide bonds. The summed E-state index contributed by atoms with van der Waals surface area (Å²) >= 11 is 0. The number of fused-ring (bicyclic) bond motifs is 1. The molecule has 0 radical (unpaired) electrons. The van der Waals surface area contributed by atoms with Gasteiger partial charge in [0, 0.05) is 18.9 Å². The van der Waals surface area contributed by atoms with Crippen molar-refractivity contribution in [2.45, 2.75) is 77.9 Å². The highest BCUT2D eigenvalue weighted by atomic mass is 31.2. The zero-order valence-electron chi connectivity index (χ0n) is 24.0. The molecule has 1 aliphatic heterocycles. The van der Waals surface area contributed by atoms with Crippen molar-refractivity contribution in [3.63, 3.8) is 0 Å². The van der Waals surface area contributed by atoms with E-state index in [4.69, 9.17) is 19.7 Å². The third-order valence-corrected chi connectivity index (χ3v) is 8.63. The van der Waals surface area contributed by atoms with Crippen LogP contribution in [0.2, 0.25) is 0 Å². The van der Waals surface area contributed by atoms with Gasteiger partial charge >= 0.3 is 5.97 Å². The van der Waals surface area contributed by atoms with E-state index >= 15 is 4.39 Å². The van der Waals surface area contributed by atoms with Crippen LogP contribution in [-0.2, 0) is 29.5 Å². The third-order valence-electron chi connectivity index (χ3n) is 6.52. The van der Waals surface area contributed by atoms with Crippen LogP contribution in [0.3, 0.4) is 0 Å². The van der Waals surface area contributed by atoms with Crippen molar-refractivity contribution >= 4 is 36.4 Å². The molecule has 41 heavy (non-hydrogen) atoms. The zero-order chi connectivity index (χ0) is 29.8. The van der Waals surface area contributed by atoms with Crippen molar-refractivity contribution in [1.29, 1.82) is 0 Å². The number of aromatic nitrogens is 4. The second-order valence-electron chi connectivity index (χ2n) is 10.7. The van der Waals surface area contributed by atoms with Crippen LogP contribution in [0, 0.1) is 5.92 Å². The molecule has 5 atom stereocenters. The van der Waals surface area contributed by atoms with Crippen LogP contribution in [0.4, 0.5) is 16.2 Å². The smallest absolute Gasteiger partial charge is 0.323 e. The minimum Gasteiger partial charge on any atom is -0.462 e. The van der Waals surface area contributed by atoms with Gasteiger partial charge in [0.2, 0.25) is 11.8 Å². The zero-order valence-corrected chi connectivity index (χ0v) is 24.9. The summed E-state index contributed by atoms with van der Waals surface area (Å²) in [7, 11) is -3.79. The number of ether oxygens (including phenoxy) is 2. The van der Waals surface area contributed by atoms with Gasteiger partial charge in [-0.05, 0) is 32.8 Å². The molecule has 1 unspecified atom stereocenters. The third kappa shape index (κ3) is 7.59. The Hall–Kier alpha value is -3.12. The summed E-state index contributed by atoms with van der Waals surface area (Å²) in [6.45, 7) is 8.88. The molecule has 0 saturated carbocycles. The Kier molecular flexibility index (Phi) is 9.63. The van der Waals surface area contributed by atoms with Crippen LogP contribution in [0.5, 0.6) is 0 Å². The highest BCUT2D eigenvalue weighted by Gasteiger charge is 2.48. The predicted octanol–water partition coefficient (Wildman–Crippen LogP) is 4.79. The lowest BCUT2D eigenvalue weighted by molar-refractivity contribution is -0.172. The molecule has 224 valence electrons. The number of hydrogen-bond donors (Lipinski definition) is 3. The van der Waals surface area contributed by atoms with E-state index in [0.29, 0.717) is 29.1 Å². The molecule has 4 N–H and O–H groups in total. The highest BCUT2D eigenvalue weighted by Crippen LogP contribution is 2.50. The van der Waals surface area contributed by atoms with Crippen molar-refractivity contribution < 1.29 is 27.7 Å². The van der Waals surface area contributed by atoms with E-state index in [1.165, 1.54) is 13.3 Å². The lowest BCUT2D eigenvalue weighted by Gasteiger charge is -2.27. The van der Waals surface area contributed by atoms with Gasteiger partial charge < -0.3 is 25.0 Å². The molecule has 1 aromatic carbocycles. The molecule has 1 aliphatic rings. The maximum Gasteiger partial charge on any atom is 0.323 e. The number of halogens is 1. The fourth-order valence-corrected chi connectivity index (χ4v) is 6.75. The number of carbonyl (C=O) groups excluding carboxylic acids is 1. The summed E-state index contributed by atoms with van der Waals surface area (Å²) in [6, 6.07) is 8.05. The van der Waals surface area contributed by atoms with Gasteiger partial charge in [-0.3, -0.25) is 13.9 Å². The number of carbonyl (C=O) groups is 1. The summed E-state index contributed by atoms with van der Waals surface area (Å²) in [5.74, 6) is -2.62. The first-order valence-corrected chi connectivity index (χ1v) is 15.6. The van der Waals surface area contributed by atoms with E-state index in [-0.39, 0.29) is 30.6 Å². The quantitative estimate of drug-likeness (QED) is 0.186. The van der Waals surface area contributed by atoms with Crippen LogP contribution < -0.4 is 16.1 Å². The van der Waals surface area contributed by atoms with Gasteiger partial charge in [-0.1, -0.05) is 44.2 Å². The van der Waals surface area contributed by atoms with Crippen LogP contribution >= 0.6 is 7.52 Å². The van der Waals surface area contributed by atoms with Crippen molar-refractivity contribution in [2.24, 2.45) is 5.92 Å². The molecule has 0 spiro atoms. The second-order valence-corrected chi connectivity index (χ2v) is 12.9. The fraction of sp³-hybridized carbons (Fsp3) is 0.556. The number of nitrogens with two attached hydrogens (primary N) is 1. The number of imidazole rings is 1. The minimum absolute atomic E-state index is 0.0326. The van der Waals surface area contributed by atoms with Gasteiger partial charge in [-0.2, -0.15) is 9.97 Å². The Morgan fingerprint density at radius 3 is 2.71 bits per heavy atom. The molecule has 1 fully saturated rings. The van der Waals surface area contributed by atoms with Gasteiger partial charge in [-0.15, -0.1) is 0 Å². The average molecular weight is 592 g/mol. The number of alkyl halides is 1. The fourth-order valence-electron chi connectivity index (χ4n) is 4.71. The van der Waals surface area contributed by atoms with Crippen molar-refractivity contribution in [3.8, 4) is 0 Å². The molecule has 0 aliphatic carbocycles. The van der Waals surface area contributed by atoms with E-state index < -0.39 is 38.2 Å². The highest BCUT2D eigenvalue weighted by molar-refractivity contribution is 7.56. The normalized spacial score (nSPS) is 23.0. The Balaban J connectivity index is 1.53. The van der Waals surface area contributed by atoms with Gasteiger partial charge in [0.25, 0.3) is 7.52 Å². The number of anilines is 2. The topological polar surface area (TPSA) is 156 Å². The molecular formula is C27H39FN7O5P. The van der Waals surface area contributed by atoms with Gasteiger partial charge in [0.15, 0.2) is 17.0 Å². The molecule has 12 nitrogen and oxygen atoms in total. The summed E-state index contributed by atoms with van der Waals surface area (Å²) in [5.41, 5.74) is 7.56. The first-order chi connectivity index (χ1) is 19.4. The van der Waals surface area contributed by atoms with Crippen LogP contribution in [-0.4, -0.2) is 56.6 Å². The standard InChI is InChI=1S/C27H39FN7O5P/c1-6-12-30-22-21-23(33-26(29)32-22)35(16-31-21)24-18(4)13-27(28,40-24)15-38-41(37,14-20-10-8-7-9-11-20)34-19(5)25(36)39-17(2)3/h7-11,16-19,24H,6,12-15H2,1-5H3,(H,34,37)(H3,29,30,32,33)/t18-,19-,24+,27-,41?/m0/s1. The number of rotatable bonds is 13. The van der Waals surface area contributed by atoms with Crippen LogP contribution in [0.15, 0.2) is 36.7 Å². The average Bonchev–Trinajstić information content (AvgIpc) is 3.46. The van der Waals surface area contributed by atoms with Gasteiger partial charge in [0.05, 0.1) is 18.6 Å². The Morgan fingerprint density at radius 1 is 1.29 bits per heavy atom. The Bertz CT molecular complexity index is 1390. The van der Waals surface area contributed by atoms with Gasteiger partial charge in [-0.25, -0.2) is 14.5 Å². The van der Waals surface area contributed by atoms with Crippen molar-refractivity contribution in [3.05, 3.63) is 42.2 Å². The monoisotopic (exact) mass is 591 g/mol.